The molecule has 2 aromatic carbocycles. The first-order valence-corrected chi connectivity index (χ1v) is 7.23. The molecule has 23 heavy (non-hydrogen) atoms. The number of amides is 1. The predicted octanol–water partition coefficient (Wildman–Crippen LogP) is 3.33. The van der Waals surface area contributed by atoms with Crippen LogP contribution in [0, 0.1) is 5.82 Å². The van der Waals surface area contributed by atoms with E-state index in [1.54, 1.807) is 24.3 Å². The van der Waals surface area contributed by atoms with Crippen molar-refractivity contribution in [3.05, 3.63) is 89.1 Å². The molecule has 1 N–H and O–H groups in total. The summed E-state index contributed by atoms with van der Waals surface area (Å²) in [5, 5.41) is 6.52. The fraction of sp³-hybridized carbons (Fsp3) is 0.111. The molecule has 0 saturated carbocycles. The summed E-state index contributed by atoms with van der Waals surface area (Å²) in [5.41, 5.74) is 2.18. The maximum Gasteiger partial charge on any atom is 0.290 e. The monoisotopic (exact) mass is 310 g/mol. The highest BCUT2D eigenvalue weighted by Gasteiger charge is 2.13. The van der Waals surface area contributed by atoms with Gasteiger partial charge >= 0.3 is 0 Å². The third-order valence-corrected chi connectivity index (χ3v) is 3.41. The fourth-order valence-corrected chi connectivity index (χ4v) is 2.21. The SMILES string of the molecule is O=C(NCc1ccccc1F)c1cc(Cc2ccccc2)no1. The van der Waals surface area contributed by atoms with Gasteiger partial charge in [-0.1, -0.05) is 53.7 Å². The highest BCUT2D eigenvalue weighted by atomic mass is 19.1. The number of carbonyl (C=O) groups excluding carboxylic acids is 1. The van der Waals surface area contributed by atoms with Crippen LogP contribution in [-0.4, -0.2) is 11.1 Å². The molecular weight excluding hydrogens is 295 g/mol. The number of halogens is 1. The molecule has 0 aliphatic heterocycles. The van der Waals surface area contributed by atoms with Crippen molar-refractivity contribution in [1.82, 2.24) is 10.5 Å². The number of rotatable bonds is 5. The predicted molar refractivity (Wildman–Crippen MR) is 83.3 cm³/mol. The number of carbonyl (C=O) groups is 1. The van der Waals surface area contributed by atoms with Gasteiger partial charge in [-0.15, -0.1) is 0 Å². The summed E-state index contributed by atoms with van der Waals surface area (Å²) in [7, 11) is 0. The van der Waals surface area contributed by atoms with E-state index in [4.69, 9.17) is 4.52 Å². The number of hydrogen-bond acceptors (Lipinski definition) is 3. The molecule has 3 aromatic rings. The summed E-state index contributed by atoms with van der Waals surface area (Å²) < 4.78 is 18.6. The Morgan fingerprint density at radius 2 is 1.83 bits per heavy atom. The molecule has 5 heteroatoms. The second-order valence-electron chi connectivity index (χ2n) is 5.12. The van der Waals surface area contributed by atoms with Crippen molar-refractivity contribution in [3.63, 3.8) is 0 Å². The molecule has 0 bridgehead atoms. The van der Waals surface area contributed by atoms with Crippen LogP contribution in [0.25, 0.3) is 0 Å². The molecule has 0 unspecified atom stereocenters. The second kappa shape index (κ2) is 6.87. The van der Waals surface area contributed by atoms with Gasteiger partial charge in [0.15, 0.2) is 0 Å². The number of nitrogens with one attached hydrogen (secondary N) is 1. The third kappa shape index (κ3) is 3.83. The molecule has 1 heterocycles. The lowest BCUT2D eigenvalue weighted by Crippen LogP contribution is -2.22. The smallest absolute Gasteiger partial charge is 0.290 e. The van der Waals surface area contributed by atoms with Crippen molar-refractivity contribution in [2.45, 2.75) is 13.0 Å². The summed E-state index contributed by atoms with van der Waals surface area (Å²) in [5.74, 6) is -0.650. The van der Waals surface area contributed by atoms with Crippen molar-refractivity contribution in [1.29, 1.82) is 0 Å². The van der Waals surface area contributed by atoms with Gasteiger partial charge in [-0.05, 0) is 11.6 Å². The van der Waals surface area contributed by atoms with Gasteiger partial charge in [0, 0.05) is 24.6 Å². The van der Waals surface area contributed by atoms with E-state index in [-0.39, 0.29) is 18.1 Å². The average Bonchev–Trinajstić information content (AvgIpc) is 3.03. The zero-order chi connectivity index (χ0) is 16.1. The minimum atomic E-state index is -0.417. The Morgan fingerprint density at radius 3 is 2.61 bits per heavy atom. The Morgan fingerprint density at radius 1 is 1.09 bits per heavy atom. The summed E-state index contributed by atoms with van der Waals surface area (Å²) >= 11 is 0. The molecule has 1 aromatic heterocycles. The lowest BCUT2D eigenvalue weighted by molar-refractivity contribution is 0.0913. The Bertz CT molecular complexity index is 800. The van der Waals surface area contributed by atoms with Gasteiger partial charge in [0.25, 0.3) is 5.91 Å². The largest absolute Gasteiger partial charge is 0.351 e. The molecule has 0 aliphatic carbocycles. The van der Waals surface area contributed by atoms with Gasteiger partial charge in [-0.25, -0.2) is 4.39 Å². The van der Waals surface area contributed by atoms with Crippen molar-refractivity contribution in [2.24, 2.45) is 0 Å². The summed E-state index contributed by atoms with van der Waals surface area (Å²) in [6, 6.07) is 17.7. The minimum Gasteiger partial charge on any atom is -0.351 e. The number of hydrogen-bond donors (Lipinski definition) is 1. The lowest BCUT2D eigenvalue weighted by atomic mass is 10.1. The first kappa shape index (κ1) is 15.0. The summed E-state index contributed by atoms with van der Waals surface area (Å²) in [4.78, 5) is 12.0. The molecular formula is C18H15FN2O2. The van der Waals surface area contributed by atoms with Crippen LogP contribution in [0.1, 0.15) is 27.4 Å². The van der Waals surface area contributed by atoms with Crippen LogP contribution in [0.4, 0.5) is 4.39 Å². The standard InChI is InChI=1S/C18H15FN2O2/c19-16-9-5-4-8-14(16)12-20-18(22)17-11-15(21-23-17)10-13-6-2-1-3-7-13/h1-9,11H,10,12H2,(H,20,22). The number of nitrogens with zero attached hydrogens (tertiary/aromatic N) is 1. The van der Waals surface area contributed by atoms with Gasteiger partial charge < -0.3 is 9.84 Å². The Labute approximate surface area is 132 Å². The molecule has 0 spiro atoms. The van der Waals surface area contributed by atoms with E-state index in [1.165, 1.54) is 6.07 Å². The first-order valence-electron chi connectivity index (χ1n) is 7.23. The minimum absolute atomic E-state index is 0.0974. The van der Waals surface area contributed by atoms with Crippen LogP contribution in [0.15, 0.2) is 65.2 Å². The van der Waals surface area contributed by atoms with E-state index < -0.39 is 5.91 Å². The fourth-order valence-electron chi connectivity index (χ4n) is 2.21. The zero-order valence-corrected chi connectivity index (χ0v) is 12.3. The Kier molecular flexibility index (Phi) is 4.47. The maximum absolute atomic E-state index is 13.5. The molecule has 1 amide bonds. The molecule has 0 atom stereocenters. The van der Waals surface area contributed by atoms with Crippen LogP contribution < -0.4 is 5.32 Å². The van der Waals surface area contributed by atoms with Gasteiger partial charge in [0.05, 0.1) is 5.69 Å². The van der Waals surface area contributed by atoms with Crippen molar-refractivity contribution >= 4 is 5.91 Å². The Balaban J connectivity index is 1.61. The van der Waals surface area contributed by atoms with E-state index in [2.05, 4.69) is 10.5 Å². The van der Waals surface area contributed by atoms with Crippen LogP contribution >= 0.6 is 0 Å². The number of benzene rings is 2. The van der Waals surface area contributed by atoms with Gasteiger partial charge in [0.2, 0.25) is 5.76 Å². The molecule has 0 fully saturated rings. The molecule has 0 saturated heterocycles. The molecule has 116 valence electrons. The zero-order valence-electron chi connectivity index (χ0n) is 12.3. The molecule has 0 radical (unpaired) electrons. The van der Waals surface area contributed by atoms with E-state index >= 15 is 0 Å². The highest BCUT2D eigenvalue weighted by molar-refractivity contribution is 5.91. The first-order chi connectivity index (χ1) is 11.2. The van der Waals surface area contributed by atoms with E-state index in [9.17, 15) is 9.18 Å². The lowest BCUT2D eigenvalue weighted by Gasteiger charge is -2.03. The van der Waals surface area contributed by atoms with Crippen LogP contribution in [-0.2, 0) is 13.0 Å². The van der Waals surface area contributed by atoms with Crippen LogP contribution in [0.2, 0.25) is 0 Å². The molecule has 4 nitrogen and oxygen atoms in total. The molecule has 3 rings (SSSR count). The summed E-state index contributed by atoms with van der Waals surface area (Å²) in [6.45, 7) is 0.0974. The van der Waals surface area contributed by atoms with Crippen molar-refractivity contribution < 1.29 is 13.7 Å². The average molecular weight is 310 g/mol. The van der Waals surface area contributed by atoms with E-state index in [1.807, 2.05) is 30.3 Å². The maximum atomic E-state index is 13.5. The summed E-state index contributed by atoms with van der Waals surface area (Å²) in [6.07, 6.45) is 0.588. The normalized spacial score (nSPS) is 10.5. The Hall–Kier alpha value is -2.95. The third-order valence-electron chi connectivity index (χ3n) is 3.41. The van der Waals surface area contributed by atoms with Crippen molar-refractivity contribution in [2.75, 3.05) is 0 Å². The van der Waals surface area contributed by atoms with E-state index in [0.717, 1.165) is 5.56 Å². The number of aromatic nitrogens is 1. The van der Waals surface area contributed by atoms with Gasteiger partial charge in [-0.2, -0.15) is 0 Å². The van der Waals surface area contributed by atoms with E-state index in [0.29, 0.717) is 17.7 Å². The highest BCUT2D eigenvalue weighted by Crippen LogP contribution is 2.11. The van der Waals surface area contributed by atoms with Crippen molar-refractivity contribution in [3.8, 4) is 0 Å². The molecule has 0 aliphatic rings. The van der Waals surface area contributed by atoms with Gasteiger partial charge in [0.1, 0.15) is 5.82 Å². The second-order valence-corrected chi connectivity index (χ2v) is 5.12. The van der Waals surface area contributed by atoms with Crippen LogP contribution in [0.5, 0.6) is 0 Å². The topological polar surface area (TPSA) is 55.1 Å². The van der Waals surface area contributed by atoms with Gasteiger partial charge in [-0.3, -0.25) is 4.79 Å². The van der Waals surface area contributed by atoms with Crippen LogP contribution in [0.3, 0.4) is 0 Å². The quantitative estimate of drug-likeness (QED) is 0.786.